The van der Waals surface area contributed by atoms with Crippen LogP contribution in [0.5, 0.6) is 0 Å². The smallest absolute Gasteiger partial charge is 0.384 e. The van der Waals surface area contributed by atoms with Crippen molar-refractivity contribution in [2.75, 3.05) is 18.5 Å². The summed E-state index contributed by atoms with van der Waals surface area (Å²) in [6.07, 6.45) is -5.30. The highest BCUT2D eigenvalue weighted by atomic mass is 19.4. The molecule has 0 amide bonds. The first-order chi connectivity index (χ1) is 8.22. The molecule has 0 saturated heterocycles. The van der Waals surface area contributed by atoms with Gasteiger partial charge in [-0.2, -0.15) is 13.2 Å². The molecule has 0 aliphatic carbocycles. The lowest BCUT2D eigenvalue weighted by molar-refractivity contribution is -0.132. The molecule has 0 saturated carbocycles. The number of nitrogens with two attached hydrogens (primary N) is 1. The van der Waals surface area contributed by atoms with Crippen LogP contribution in [-0.4, -0.2) is 25.6 Å². The minimum absolute atomic E-state index is 0.173. The predicted molar refractivity (Wildman–Crippen MR) is 61.4 cm³/mol. The largest absolute Gasteiger partial charge is 0.390 e. The molecule has 3 nitrogen and oxygen atoms in total. The van der Waals surface area contributed by atoms with Crippen molar-refractivity contribution in [2.45, 2.75) is 12.6 Å². The lowest BCUT2D eigenvalue weighted by Gasteiger charge is -2.22. The van der Waals surface area contributed by atoms with Crippen LogP contribution >= 0.6 is 0 Å². The summed E-state index contributed by atoms with van der Waals surface area (Å²) in [7, 11) is 1.40. The number of hydrogen-bond donors (Lipinski definition) is 2. The summed E-state index contributed by atoms with van der Waals surface area (Å²) < 4.78 is 49.8. The Hall–Kier alpha value is -1.79. The number of nitrogens with one attached hydrogen (secondary N) is 1. The van der Waals surface area contributed by atoms with Crippen LogP contribution in [0.1, 0.15) is 12.0 Å². The average molecular weight is 263 g/mol. The molecule has 0 radical (unpaired) electrons. The van der Waals surface area contributed by atoms with E-state index in [4.69, 9.17) is 11.1 Å². The van der Waals surface area contributed by atoms with Gasteiger partial charge in [0, 0.05) is 13.6 Å². The van der Waals surface area contributed by atoms with E-state index in [1.807, 2.05) is 0 Å². The molecule has 0 aliphatic heterocycles. The molecule has 7 heteroatoms. The van der Waals surface area contributed by atoms with Crippen LogP contribution in [0.15, 0.2) is 18.2 Å². The molecule has 3 N–H and O–H groups in total. The van der Waals surface area contributed by atoms with Crippen molar-refractivity contribution in [3.05, 3.63) is 29.6 Å². The number of halogens is 4. The Kier molecular flexibility index (Phi) is 4.15. The number of alkyl halides is 3. The molecule has 0 spiro atoms. The molecular formula is C11H13F4N3. The van der Waals surface area contributed by atoms with Gasteiger partial charge in [-0.1, -0.05) is 6.07 Å². The van der Waals surface area contributed by atoms with Crippen LogP contribution in [0.3, 0.4) is 0 Å². The lowest BCUT2D eigenvalue weighted by Crippen LogP contribution is -2.27. The van der Waals surface area contributed by atoms with Crippen molar-refractivity contribution in [1.82, 2.24) is 0 Å². The highest BCUT2D eigenvalue weighted by Crippen LogP contribution is 2.25. The number of hydrogen-bond acceptors (Lipinski definition) is 2. The Bertz CT molecular complexity index is 442. The summed E-state index contributed by atoms with van der Waals surface area (Å²) in [5.74, 6) is -1.24. The van der Waals surface area contributed by atoms with Gasteiger partial charge in [-0.15, -0.1) is 0 Å². The highest BCUT2D eigenvalue weighted by molar-refractivity contribution is 6.00. The van der Waals surface area contributed by atoms with E-state index >= 15 is 0 Å². The van der Waals surface area contributed by atoms with Gasteiger partial charge in [0.25, 0.3) is 0 Å². The van der Waals surface area contributed by atoms with E-state index in [0.717, 1.165) is 6.07 Å². The molecule has 18 heavy (non-hydrogen) atoms. The van der Waals surface area contributed by atoms with Crippen LogP contribution in [0, 0.1) is 11.2 Å². The van der Waals surface area contributed by atoms with Gasteiger partial charge in [-0.3, -0.25) is 5.41 Å². The van der Waals surface area contributed by atoms with Gasteiger partial charge in [0.15, 0.2) is 0 Å². The summed E-state index contributed by atoms with van der Waals surface area (Å²) in [6.45, 7) is -0.326. The summed E-state index contributed by atoms with van der Waals surface area (Å²) in [4.78, 5) is 1.23. The zero-order valence-electron chi connectivity index (χ0n) is 9.68. The van der Waals surface area contributed by atoms with E-state index in [2.05, 4.69) is 0 Å². The Morgan fingerprint density at radius 3 is 2.50 bits per heavy atom. The fourth-order valence-electron chi connectivity index (χ4n) is 1.51. The topological polar surface area (TPSA) is 53.1 Å². The van der Waals surface area contributed by atoms with E-state index < -0.39 is 24.2 Å². The molecule has 0 atom stereocenters. The maximum Gasteiger partial charge on any atom is 0.390 e. The van der Waals surface area contributed by atoms with Gasteiger partial charge in [0.2, 0.25) is 0 Å². The number of nitrogens with zero attached hydrogens (tertiary/aromatic N) is 1. The second kappa shape index (κ2) is 5.24. The van der Waals surface area contributed by atoms with Crippen molar-refractivity contribution in [1.29, 1.82) is 5.41 Å². The zero-order valence-corrected chi connectivity index (χ0v) is 9.68. The Labute approximate surface area is 102 Å². The van der Waals surface area contributed by atoms with Gasteiger partial charge in [0.05, 0.1) is 17.7 Å². The molecule has 0 aliphatic rings. The number of amidine groups is 1. The number of anilines is 1. The summed E-state index contributed by atoms with van der Waals surface area (Å²) >= 11 is 0. The molecule has 1 aromatic carbocycles. The second-order valence-corrected chi connectivity index (χ2v) is 3.83. The molecular weight excluding hydrogens is 250 g/mol. The maximum atomic E-state index is 13.5. The fraction of sp³-hybridized carbons (Fsp3) is 0.364. The first kappa shape index (κ1) is 14.3. The molecule has 1 rings (SSSR count). The molecule has 0 bridgehead atoms. The van der Waals surface area contributed by atoms with E-state index in [9.17, 15) is 17.6 Å². The number of benzene rings is 1. The third-order valence-corrected chi connectivity index (χ3v) is 2.40. The fourth-order valence-corrected chi connectivity index (χ4v) is 1.51. The van der Waals surface area contributed by atoms with Crippen molar-refractivity contribution in [2.24, 2.45) is 5.73 Å². The van der Waals surface area contributed by atoms with Gasteiger partial charge in [-0.25, -0.2) is 4.39 Å². The minimum Gasteiger partial charge on any atom is -0.384 e. The molecule has 100 valence electrons. The van der Waals surface area contributed by atoms with Crippen molar-refractivity contribution in [3.63, 3.8) is 0 Å². The van der Waals surface area contributed by atoms with E-state index in [0.29, 0.717) is 0 Å². The van der Waals surface area contributed by atoms with Crippen molar-refractivity contribution in [3.8, 4) is 0 Å². The average Bonchev–Trinajstić information content (AvgIpc) is 2.24. The van der Waals surface area contributed by atoms with Gasteiger partial charge >= 0.3 is 6.18 Å². The van der Waals surface area contributed by atoms with E-state index in [1.165, 1.54) is 24.1 Å². The summed E-state index contributed by atoms with van der Waals surface area (Å²) in [6, 6.07) is 3.90. The third kappa shape index (κ3) is 3.61. The third-order valence-electron chi connectivity index (χ3n) is 2.40. The SMILES string of the molecule is CN(CCC(F)(F)F)c1cccc(F)c1C(=N)N. The normalized spacial score (nSPS) is 11.4. The molecule has 1 aromatic rings. The molecule has 0 aromatic heterocycles. The zero-order chi connectivity index (χ0) is 13.9. The van der Waals surface area contributed by atoms with Crippen LogP contribution < -0.4 is 10.6 Å². The van der Waals surface area contributed by atoms with E-state index in [-0.39, 0.29) is 17.8 Å². The Morgan fingerprint density at radius 2 is 2.00 bits per heavy atom. The number of rotatable bonds is 4. The first-order valence-corrected chi connectivity index (χ1v) is 5.13. The van der Waals surface area contributed by atoms with Crippen LogP contribution in [0.25, 0.3) is 0 Å². The molecule has 0 fully saturated rings. The Balaban J connectivity index is 2.95. The van der Waals surface area contributed by atoms with E-state index in [1.54, 1.807) is 0 Å². The predicted octanol–water partition coefficient (Wildman–Crippen LogP) is 2.50. The van der Waals surface area contributed by atoms with Gasteiger partial charge < -0.3 is 10.6 Å². The summed E-state index contributed by atoms with van der Waals surface area (Å²) in [5, 5.41) is 7.25. The van der Waals surface area contributed by atoms with Crippen LogP contribution in [-0.2, 0) is 0 Å². The van der Waals surface area contributed by atoms with Gasteiger partial charge in [-0.05, 0) is 12.1 Å². The Morgan fingerprint density at radius 1 is 1.39 bits per heavy atom. The second-order valence-electron chi connectivity index (χ2n) is 3.83. The molecule has 0 heterocycles. The maximum absolute atomic E-state index is 13.5. The first-order valence-electron chi connectivity index (χ1n) is 5.13. The molecule has 0 unspecified atom stereocenters. The van der Waals surface area contributed by atoms with Gasteiger partial charge in [0.1, 0.15) is 11.7 Å². The summed E-state index contributed by atoms with van der Waals surface area (Å²) in [5.41, 5.74) is 5.22. The monoisotopic (exact) mass is 263 g/mol. The van der Waals surface area contributed by atoms with Crippen LogP contribution in [0.2, 0.25) is 0 Å². The standard InChI is InChI=1S/C11H13F4N3/c1-18(6-5-11(13,14)15)8-4-2-3-7(12)9(8)10(16)17/h2-4H,5-6H2,1H3,(H3,16,17). The van der Waals surface area contributed by atoms with Crippen molar-refractivity contribution < 1.29 is 17.6 Å². The van der Waals surface area contributed by atoms with Crippen molar-refractivity contribution >= 4 is 11.5 Å². The minimum atomic E-state index is -4.28. The lowest BCUT2D eigenvalue weighted by atomic mass is 10.1. The number of nitrogen functional groups attached to an aromatic ring is 1. The van der Waals surface area contributed by atoms with Crippen LogP contribution in [0.4, 0.5) is 23.2 Å². The highest BCUT2D eigenvalue weighted by Gasteiger charge is 2.27. The quantitative estimate of drug-likeness (QED) is 0.498.